The molecule has 1 heterocycles. The summed E-state index contributed by atoms with van der Waals surface area (Å²) in [6, 6.07) is 20.3. The van der Waals surface area contributed by atoms with Crippen LogP contribution in [-0.2, 0) is 27.9 Å². The summed E-state index contributed by atoms with van der Waals surface area (Å²) in [6.45, 7) is 2.47. The van der Waals surface area contributed by atoms with Crippen molar-refractivity contribution in [3.8, 4) is 0 Å². The van der Waals surface area contributed by atoms with Gasteiger partial charge in [0.1, 0.15) is 6.04 Å². The number of likely N-dealkylation sites (tertiary alicyclic amines) is 1. The Balaban J connectivity index is 1.52. The predicted octanol–water partition coefficient (Wildman–Crippen LogP) is 3.78. The smallest absolute Gasteiger partial charge is 0.331 e. The van der Waals surface area contributed by atoms with E-state index in [4.69, 9.17) is 0 Å². The molecular formula is C28H29N3O6S. The summed E-state index contributed by atoms with van der Waals surface area (Å²) in [7, 11) is -4.08. The summed E-state index contributed by atoms with van der Waals surface area (Å²) in [6.07, 6.45) is 1.06. The van der Waals surface area contributed by atoms with Crippen LogP contribution in [0.1, 0.15) is 39.9 Å². The summed E-state index contributed by atoms with van der Waals surface area (Å²) >= 11 is 0. The van der Waals surface area contributed by atoms with E-state index in [1.165, 1.54) is 21.9 Å². The lowest BCUT2D eigenvalue weighted by Gasteiger charge is -2.24. The van der Waals surface area contributed by atoms with E-state index < -0.39 is 28.1 Å². The van der Waals surface area contributed by atoms with Gasteiger partial charge in [0.05, 0.1) is 4.90 Å². The number of carbonyl (C=O) groups is 3. The molecule has 198 valence electrons. The molecule has 3 aromatic rings. The molecule has 1 aliphatic heterocycles. The second-order valence-electron chi connectivity index (χ2n) is 9.26. The van der Waals surface area contributed by atoms with Gasteiger partial charge in [0, 0.05) is 25.2 Å². The zero-order valence-electron chi connectivity index (χ0n) is 20.9. The van der Waals surface area contributed by atoms with E-state index in [2.05, 4.69) is 4.72 Å². The third-order valence-corrected chi connectivity index (χ3v) is 7.77. The van der Waals surface area contributed by atoms with Crippen LogP contribution in [0.5, 0.6) is 0 Å². The van der Waals surface area contributed by atoms with Crippen LogP contribution in [0.15, 0.2) is 83.8 Å². The van der Waals surface area contributed by atoms with Crippen LogP contribution in [-0.4, -0.2) is 53.8 Å². The maximum atomic E-state index is 13.2. The topological polar surface area (TPSA) is 124 Å². The number of sulfonamides is 1. The van der Waals surface area contributed by atoms with E-state index in [9.17, 15) is 27.9 Å². The standard InChI is InChI=1S/C28H29N3O6S/c1-20-9-15-24(16-10-20)38(36,37)29-28(35)30(18-21-6-3-2-4-7-21)19-22-11-13-23(14-12-22)26(32)31-17-5-8-25(31)27(33)34/h2-4,6-7,9-16,25H,5,8,17-19H2,1H3,(H,29,35)(H,33,34)/t25-/m1/s1. The molecule has 4 rings (SSSR count). The normalized spacial score (nSPS) is 15.2. The van der Waals surface area contributed by atoms with Crippen molar-refractivity contribution >= 4 is 27.9 Å². The molecule has 0 unspecified atom stereocenters. The number of urea groups is 1. The first-order chi connectivity index (χ1) is 18.1. The highest BCUT2D eigenvalue weighted by Gasteiger charge is 2.34. The number of amides is 3. The van der Waals surface area contributed by atoms with Gasteiger partial charge >= 0.3 is 12.0 Å². The average molecular weight is 536 g/mol. The lowest BCUT2D eigenvalue weighted by atomic mass is 10.1. The van der Waals surface area contributed by atoms with Gasteiger partial charge in [0.25, 0.3) is 15.9 Å². The minimum atomic E-state index is -4.08. The number of benzene rings is 3. The van der Waals surface area contributed by atoms with Gasteiger partial charge in [0.2, 0.25) is 0 Å². The molecule has 10 heteroatoms. The van der Waals surface area contributed by atoms with Crippen molar-refractivity contribution in [1.82, 2.24) is 14.5 Å². The number of carbonyl (C=O) groups excluding carboxylic acids is 2. The van der Waals surface area contributed by atoms with Gasteiger partial charge in [-0.1, -0.05) is 60.2 Å². The second kappa shape index (κ2) is 11.5. The molecule has 2 N–H and O–H groups in total. The Hall–Kier alpha value is -4.18. The Morgan fingerprint density at radius 1 is 0.921 bits per heavy atom. The molecular weight excluding hydrogens is 506 g/mol. The number of nitrogens with zero attached hydrogens (tertiary/aromatic N) is 2. The monoisotopic (exact) mass is 535 g/mol. The number of aliphatic carboxylic acids is 1. The van der Waals surface area contributed by atoms with Crippen LogP contribution in [0, 0.1) is 6.92 Å². The number of carboxylic acid groups (broad SMARTS) is 1. The Bertz CT molecular complexity index is 1410. The fourth-order valence-corrected chi connectivity index (χ4v) is 5.34. The van der Waals surface area contributed by atoms with E-state index in [1.54, 1.807) is 36.4 Å². The first-order valence-corrected chi connectivity index (χ1v) is 13.7. The zero-order chi connectivity index (χ0) is 27.3. The summed E-state index contributed by atoms with van der Waals surface area (Å²) in [5.74, 6) is -1.37. The lowest BCUT2D eigenvalue weighted by molar-refractivity contribution is -0.141. The minimum Gasteiger partial charge on any atom is -0.480 e. The van der Waals surface area contributed by atoms with E-state index in [-0.39, 0.29) is 23.9 Å². The van der Waals surface area contributed by atoms with Gasteiger partial charge < -0.3 is 14.9 Å². The van der Waals surface area contributed by atoms with Gasteiger partial charge in [-0.15, -0.1) is 0 Å². The molecule has 1 saturated heterocycles. The molecule has 3 aromatic carbocycles. The number of rotatable bonds is 8. The van der Waals surface area contributed by atoms with E-state index in [0.717, 1.165) is 11.1 Å². The predicted molar refractivity (Wildman–Crippen MR) is 141 cm³/mol. The molecule has 38 heavy (non-hydrogen) atoms. The maximum Gasteiger partial charge on any atom is 0.331 e. The van der Waals surface area contributed by atoms with Crippen molar-refractivity contribution in [2.24, 2.45) is 0 Å². The van der Waals surface area contributed by atoms with Crippen molar-refractivity contribution < 1.29 is 27.9 Å². The van der Waals surface area contributed by atoms with Crippen molar-refractivity contribution in [1.29, 1.82) is 0 Å². The van der Waals surface area contributed by atoms with E-state index >= 15 is 0 Å². The van der Waals surface area contributed by atoms with Gasteiger partial charge in [-0.2, -0.15) is 0 Å². The quantitative estimate of drug-likeness (QED) is 0.452. The Morgan fingerprint density at radius 2 is 1.53 bits per heavy atom. The van der Waals surface area contributed by atoms with Crippen molar-refractivity contribution in [2.45, 2.75) is 43.8 Å². The van der Waals surface area contributed by atoms with E-state index in [0.29, 0.717) is 30.5 Å². The number of aryl methyl sites for hydroxylation is 1. The Morgan fingerprint density at radius 3 is 2.13 bits per heavy atom. The third kappa shape index (κ3) is 6.38. The van der Waals surface area contributed by atoms with Crippen LogP contribution in [0.2, 0.25) is 0 Å². The van der Waals surface area contributed by atoms with Crippen LogP contribution < -0.4 is 4.72 Å². The van der Waals surface area contributed by atoms with Crippen molar-refractivity contribution in [2.75, 3.05) is 6.54 Å². The number of carboxylic acids is 1. The van der Waals surface area contributed by atoms with E-state index in [1.807, 2.05) is 37.3 Å². The summed E-state index contributed by atoms with van der Waals surface area (Å²) in [4.78, 5) is 40.2. The Kier molecular flexibility index (Phi) is 8.11. The van der Waals surface area contributed by atoms with Crippen molar-refractivity contribution in [3.05, 3.63) is 101 Å². The highest BCUT2D eigenvalue weighted by Crippen LogP contribution is 2.21. The summed E-state index contributed by atoms with van der Waals surface area (Å²) in [5.41, 5.74) is 2.74. The Labute approximate surface area is 221 Å². The summed E-state index contributed by atoms with van der Waals surface area (Å²) in [5, 5.41) is 9.38. The zero-order valence-corrected chi connectivity index (χ0v) is 21.7. The van der Waals surface area contributed by atoms with Crippen molar-refractivity contribution in [3.63, 3.8) is 0 Å². The van der Waals surface area contributed by atoms with Gasteiger partial charge in [0.15, 0.2) is 0 Å². The van der Waals surface area contributed by atoms with Crippen LogP contribution in [0.25, 0.3) is 0 Å². The molecule has 0 saturated carbocycles. The average Bonchev–Trinajstić information content (AvgIpc) is 3.39. The maximum absolute atomic E-state index is 13.2. The highest BCUT2D eigenvalue weighted by atomic mass is 32.2. The largest absolute Gasteiger partial charge is 0.480 e. The minimum absolute atomic E-state index is 0.0134. The number of hydrogen-bond acceptors (Lipinski definition) is 5. The molecule has 0 radical (unpaired) electrons. The van der Waals surface area contributed by atoms with Gasteiger partial charge in [-0.3, -0.25) is 4.79 Å². The molecule has 0 spiro atoms. The highest BCUT2D eigenvalue weighted by molar-refractivity contribution is 7.90. The van der Waals surface area contributed by atoms with Crippen LogP contribution in [0.3, 0.4) is 0 Å². The van der Waals surface area contributed by atoms with Crippen LogP contribution >= 0.6 is 0 Å². The molecule has 0 aromatic heterocycles. The third-order valence-electron chi connectivity index (χ3n) is 6.43. The fraction of sp³-hybridized carbons (Fsp3) is 0.250. The molecule has 1 atom stereocenters. The second-order valence-corrected chi connectivity index (χ2v) is 10.9. The molecule has 0 bridgehead atoms. The van der Waals surface area contributed by atoms with Crippen LogP contribution in [0.4, 0.5) is 4.79 Å². The molecule has 3 amide bonds. The first kappa shape index (κ1) is 26.9. The summed E-state index contributed by atoms with van der Waals surface area (Å²) < 4.78 is 27.8. The lowest BCUT2D eigenvalue weighted by Crippen LogP contribution is -2.42. The molecule has 1 fully saturated rings. The van der Waals surface area contributed by atoms with Gasteiger partial charge in [-0.25, -0.2) is 22.7 Å². The number of hydrogen-bond donors (Lipinski definition) is 2. The molecule has 0 aliphatic carbocycles. The van der Waals surface area contributed by atoms with Gasteiger partial charge in [-0.05, 0) is 55.2 Å². The molecule has 9 nitrogen and oxygen atoms in total. The SMILES string of the molecule is Cc1ccc(S(=O)(=O)NC(=O)N(Cc2ccccc2)Cc2ccc(C(=O)N3CCC[C@@H]3C(=O)O)cc2)cc1. The fourth-order valence-electron chi connectivity index (χ4n) is 4.36. The molecule has 1 aliphatic rings. The first-order valence-electron chi connectivity index (χ1n) is 12.2. The number of nitrogens with one attached hydrogen (secondary N) is 1.